The largest absolute Gasteiger partial charge is 0.726 e. The monoisotopic (exact) mass is 496 g/mol. The molecule has 2 N–H and O–H groups in total. The fourth-order valence-corrected chi connectivity index (χ4v) is 3.34. The van der Waals surface area contributed by atoms with Gasteiger partial charge in [-0.2, -0.15) is 0 Å². The van der Waals surface area contributed by atoms with Gasteiger partial charge in [-0.15, -0.1) is 0 Å². The molecule has 0 aromatic carbocycles. The molecule has 7 nitrogen and oxygen atoms in total. The molecule has 0 bridgehead atoms. The van der Waals surface area contributed by atoms with Crippen LogP contribution in [0.1, 0.15) is 123 Å². The van der Waals surface area contributed by atoms with Gasteiger partial charge in [-0.05, 0) is 12.8 Å². The number of nitrogens with zero attached hydrogens (tertiary/aromatic N) is 1. The third kappa shape index (κ3) is 49.5. The maximum Gasteiger partial charge on any atom is 0.217 e. The summed E-state index contributed by atoms with van der Waals surface area (Å²) >= 11 is 0. The van der Waals surface area contributed by atoms with Crippen LogP contribution in [0.4, 0.5) is 0 Å². The maximum atomic E-state index is 10.6. The Labute approximate surface area is 206 Å². The van der Waals surface area contributed by atoms with Gasteiger partial charge in [0.15, 0.2) is 0 Å². The normalized spacial score (nSPS) is 11.2. The summed E-state index contributed by atoms with van der Waals surface area (Å²) < 4.78 is 32.1. The van der Waals surface area contributed by atoms with Crippen molar-refractivity contribution >= 4 is 16.3 Å². The Morgan fingerprint density at radius 1 is 0.727 bits per heavy atom. The topological polar surface area (TPSA) is 110 Å². The molecule has 0 radical (unpaired) electrons. The molecule has 0 aliphatic heterocycles. The lowest BCUT2D eigenvalue weighted by molar-refractivity contribution is -0.870. The standard InChI is InChI=1S/C18H37NO.C6H16N.CH4O4S/c1-2-3-4-5-6-7-8-9-10-11-12-13-14-15-16-17-18(19)20;1-5-6-7(2,3)4;1-5-6(2,3)4/h2-17H2,1H3,(H2,19,20);5-6H2,1-4H3;1H3,(H,2,3,4)/q;+1;/p-1. The van der Waals surface area contributed by atoms with Crippen molar-refractivity contribution in [2.45, 2.75) is 123 Å². The number of hydrogen-bond acceptors (Lipinski definition) is 5. The summed E-state index contributed by atoms with van der Waals surface area (Å²) in [5, 5.41) is 0. The number of hydrogen-bond donors (Lipinski definition) is 1. The van der Waals surface area contributed by atoms with Crippen molar-refractivity contribution in [3.8, 4) is 0 Å². The second-order valence-corrected chi connectivity index (χ2v) is 10.9. The first kappa shape index (κ1) is 36.9. The van der Waals surface area contributed by atoms with E-state index >= 15 is 0 Å². The van der Waals surface area contributed by atoms with Gasteiger partial charge in [0.05, 0.1) is 34.8 Å². The van der Waals surface area contributed by atoms with Crippen LogP contribution in [0.3, 0.4) is 0 Å². The van der Waals surface area contributed by atoms with Crippen LogP contribution in [-0.2, 0) is 19.4 Å². The van der Waals surface area contributed by atoms with Crippen LogP contribution < -0.4 is 5.73 Å². The zero-order chi connectivity index (χ0) is 26.0. The Bertz CT molecular complexity index is 505. The van der Waals surface area contributed by atoms with E-state index in [0.717, 1.165) is 18.0 Å². The van der Waals surface area contributed by atoms with Crippen molar-refractivity contribution in [1.82, 2.24) is 0 Å². The molecule has 0 aromatic heterocycles. The molecular weight excluding hydrogens is 440 g/mol. The number of carbonyl (C=O) groups excluding carboxylic acids is 1. The van der Waals surface area contributed by atoms with Crippen LogP contribution in [0.25, 0.3) is 0 Å². The Hall–Kier alpha value is -0.700. The predicted octanol–water partition coefficient (Wildman–Crippen LogP) is 5.93. The van der Waals surface area contributed by atoms with Crippen molar-refractivity contribution in [3.63, 3.8) is 0 Å². The first-order valence-electron chi connectivity index (χ1n) is 13.0. The Morgan fingerprint density at radius 3 is 1.21 bits per heavy atom. The van der Waals surface area contributed by atoms with Crippen molar-refractivity contribution in [1.29, 1.82) is 0 Å². The molecule has 0 saturated carbocycles. The van der Waals surface area contributed by atoms with E-state index in [0.29, 0.717) is 6.42 Å². The molecule has 0 spiro atoms. The van der Waals surface area contributed by atoms with Gasteiger partial charge in [0.25, 0.3) is 0 Å². The molecule has 0 fully saturated rings. The third-order valence-corrected chi connectivity index (χ3v) is 5.53. The molecule has 0 unspecified atom stereocenters. The van der Waals surface area contributed by atoms with E-state index in [1.165, 1.54) is 103 Å². The SMILES string of the molecule is CCCCCCCCCCCCCCCCCC(N)=O.CCC[N+](C)(C)C.COS(=O)(=O)[O-]. The van der Waals surface area contributed by atoms with Gasteiger partial charge in [0, 0.05) is 6.42 Å². The van der Waals surface area contributed by atoms with Gasteiger partial charge in [0.1, 0.15) is 0 Å². The second kappa shape index (κ2) is 25.9. The first-order chi connectivity index (χ1) is 15.4. The molecule has 1 amide bonds. The van der Waals surface area contributed by atoms with Gasteiger partial charge in [-0.1, -0.05) is 104 Å². The molecule has 0 rings (SSSR count). The van der Waals surface area contributed by atoms with Gasteiger partial charge >= 0.3 is 0 Å². The minimum absolute atomic E-state index is 0.153. The van der Waals surface area contributed by atoms with Crippen LogP contribution in [-0.4, -0.2) is 58.2 Å². The van der Waals surface area contributed by atoms with E-state index in [4.69, 9.17) is 5.73 Å². The highest BCUT2D eigenvalue weighted by molar-refractivity contribution is 7.80. The fourth-order valence-electron chi connectivity index (χ4n) is 3.34. The molecule has 0 aliphatic carbocycles. The number of amides is 1. The highest BCUT2D eigenvalue weighted by Gasteiger charge is 2.01. The summed E-state index contributed by atoms with van der Waals surface area (Å²) in [4.78, 5) is 10.6. The Kier molecular flexibility index (Phi) is 28.9. The summed E-state index contributed by atoms with van der Waals surface area (Å²) in [6.45, 7) is 5.77. The smallest absolute Gasteiger partial charge is 0.217 e. The molecule has 33 heavy (non-hydrogen) atoms. The first-order valence-corrected chi connectivity index (χ1v) is 14.3. The van der Waals surface area contributed by atoms with Gasteiger partial charge in [-0.25, -0.2) is 8.42 Å². The van der Waals surface area contributed by atoms with Crippen LogP contribution in [0.2, 0.25) is 0 Å². The Morgan fingerprint density at radius 2 is 1.03 bits per heavy atom. The van der Waals surface area contributed by atoms with Crippen molar-refractivity contribution in [2.75, 3.05) is 34.8 Å². The van der Waals surface area contributed by atoms with Crippen molar-refractivity contribution in [2.24, 2.45) is 5.73 Å². The van der Waals surface area contributed by atoms with Crippen LogP contribution in [0, 0.1) is 0 Å². The molecular formula is C25H56N2O5S. The zero-order valence-electron chi connectivity index (χ0n) is 22.7. The molecule has 0 atom stereocenters. The number of rotatable bonds is 19. The average molecular weight is 497 g/mol. The van der Waals surface area contributed by atoms with E-state index in [-0.39, 0.29) is 5.91 Å². The van der Waals surface area contributed by atoms with E-state index in [1.54, 1.807) is 0 Å². The quantitative estimate of drug-likeness (QED) is 0.103. The zero-order valence-corrected chi connectivity index (χ0v) is 23.5. The van der Waals surface area contributed by atoms with Gasteiger partial charge in [0.2, 0.25) is 16.3 Å². The maximum absolute atomic E-state index is 10.6. The summed E-state index contributed by atoms with van der Waals surface area (Å²) in [7, 11) is 3.03. The van der Waals surface area contributed by atoms with Crippen LogP contribution >= 0.6 is 0 Å². The minimum Gasteiger partial charge on any atom is -0.726 e. The van der Waals surface area contributed by atoms with Crippen molar-refractivity contribution < 1.29 is 26.4 Å². The molecule has 202 valence electrons. The average Bonchev–Trinajstić information content (AvgIpc) is 2.70. The van der Waals surface area contributed by atoms with Gasteiger partial charge < -0.3 is 14.8 Å². The molecule has 0 aromatic rings. The van der Waals surface area contributed by atoms with E-state index in [9.17, 15) is 17.8 Å². The minimum atomic E-state index is -4.41. The Balaban J connectivity index is -0.000000563. The molecule has 0 aliphatic rings. The lowest BCUT2D eigenvalue weighted by atomic mass is 10.0. The van der Waals surface area contributed by atoms with E-state index in [2.05, 4.69) is 39.2 Å². The number of primary amides is 1. The predicted molar refractivity (Wildman–Crippen MR) is 139 cm³/mol. The second-order valence-electron chi connectivity index (χ2n) is 9.75. The van der Waals surface area contributed by atoms with Crippen LogP contribution in [0.15, 0.2) is 0 Å². The highest BCUT2D eigenvalue weighted by atomic mass is 32.3. The lowest BCUT2D eigenvalue weighted by Gasteiger charge is -2.22. The molecule has 8 heteroatoms. The highest BCUT2D eigenvalue weighted by Crippen LogP contribution is 2.13. The molecule has 0 heterocycles. The van der Waals surface area contributed by atoms with E-state index in [1.807, 2.05) is 0 Å². The number of unbranched alkanes of at least 4 members (excludes halogenated alkanes) is 14. The molecule has 0 saturated heterocycles. The lowest BCUT2D eigenvalue weighted by Crippen LogP contribution is -2.34. The van der Waals surface area contributed by atoms with E-state index < -0.39 is 10.4 Å². The number of quaternary nitrogens is 1. The van der Waals surface area contributed by atoms with Crippen LogP contribution in [0.5, 0.6) is 0 Å². The third-order valence-electron chi connectivity index (χ3n) is 5.13. The van der Waals surface area contributed by atoms with Crippen molar-refractivity contribution in [3.05, 3.63) is 0 Å². The van der Waals surface area contributed by atoms with Gasteiger partial charge in [-0.3, -0.25) is 8.98 Å². The summed E-state index contributed by atoms with van der Waals surface area (Å²) in [6.07, 6.45) is 22.2. The summed E-state index contributed by atoms with van der Waals surface area (Å²) in [5.41, 5.74) is 5.11. The number of carbonyl (C=O) groups is 1. The fraction of sp³-hybridized carbons (Fsp3) is 0.960. The summed E-state index contributed by atoms with van der Waals surface area (Å²) in [5.74, 6) is -0.153. The summed E-state index contributed by atoms with van der Waals surface area (Å²) in [6, 6.07) is 0. The number of nitrogens with two attached hydrogens (primary N) is 1.